The molecule has 0 saturated carbocycles. The SMILES string of the molecule is CCc1cc(F)c(C)c(F)c1Cl. The number of hydrogen-bond donors (Lipinski definition) is 0. The summed E-state index contributed by atoms with van der Waals surface area (Å²) in [6.07, 6.45) is 0.535. The monoisotopic (exact) mass is 190 g/mol. The van der Waals surface area contributed by atoms with Gasteiger partial charge in [0.2, 0.25) is 0 Å². The van der Waals surface area contributed by atoms with Gasteiger partial charge in [-0.25, -0.2) is 8.78 Å². The second kappa shape index (κ2) is 3.40. The molecule has 0 saturated heterocycles. The van der Waals surface area contributed by atoms with Crippen molar-refractivity contribution in [2.45, 2.75) is 20.3 Å². The van der Waals surface area contributed by atoms with Crippen LogP contribution in [0.5, 0.6) is 0 Å². The minimum Gasteiger partial charge on any atom is -0.207 e. The molecule has 0 fully saturated rings. The van der Waals surface area contributed by atoms with E-state index in [0.29, 0.717) is 12.0 Å². The van der Waals surface area contributed by atoms with Crippen molar-refractivity contribution in [3.8, 4) is 0 Å². The Bertz CT molecular complexity index is 308. The van der Waals surface area contributed by atoms with Crippen molar-refractivity contribution < 1.29 is 8.78 Å². The van der Waals surface area contributed by atoms with Crippen LogP contribution in [0.25, 0.3) is 0 Å². The summed E-state index contributed by atoms with van der Waals surface area (Å²) in [4.78, 5) is 0. The van der Waals surface area contributed by atoms with E-state index in [9.17, 15) is 8.78 Å². The maximum Gasteiger partial charge on any atom is 0.147 e. The van der Waals surface area contributed by atoms with E-state index in [1.54, 1.807) is 6.92 Å². The van der Waals surface area contributed by atoms with Gasteiger partial charge in [-0.1, -0.05) is 18.5 Å². The molecule has 0 amide bonds. The summed E-state index contributed by atoms with van der Waals surface area (Å²) in [5.74, 6) is -1.18. The Balaban J connectivity index is 3.39. The molecule has 0 atom stereocenters. The first-order valence-corrected chi connectivity index (χ1v) is 4.08. The zero-order chi connectivity index (χ0) is 9.30. The third kappa shape index (κ3) is 1.44. The normalized spacial score (nSPS) is 10.4. The Morgan fingerprint density at radius 3 is 2.50 bits per heavy atom. The molecule has 66 valence electrons. The van der Waals surface area contributed by atoms with E-state index in [2.05, 4.69) is 0 Å². The van der Waals surface area contributed by atoms with Crippen molar-refractivity contribution in [2.24, 2.45) is 0 Å². The van der Waals surface area contributed by atoms with Crippen LogP contribution in [0.3, 0.4) is 0 Å². The lowest BCUT2D eigenvalue weighted by Crippen LogP contribution is -1.94. The Morgan fingerprint density at radius 2 is 2.00 bits per heavy atom. The lowest BCUT2D eigenvalue weighted by molar-refractivity contribution is 0.565. The zero-order valence-electron chi connectivity index (χ0n) is 6.92. The minimum atomic E-state index is -0.645. The highest BCUT2D eigenvalue weighted by Crippen LogP contribution is 2.25. The summed E-state index contributed by atoms with van der Waals surface area (Å²) in [6.45, 7) is 3.17. The van der Waals surface area contributed by atoms with Gasteiger partial charge in [-0.15, -0.1) is 0 Å². The van der Waals surface area contributed by atoms with Crippen LogP contribution in [0.4, 0.5) is 8.78 Å². The van der Waals surface area contributed by atoms with Crippen LogP contribution in [-0.2, 0) is 6.42 Å². The summed E-state index contributed by atoms with van der Waals surface area (Å²) < 4.78 is 26.0. The average molecular weight is 191 g/mol. The second-order valence-electron chi connectivity index (χ2n) is 2.62. The third-order valence-corrected chi connectivity index (χ3v) is 2.25. The summed E-state index contributed by atoms with van der Waals surface area (Å²) in [5.41, 5.74) is 0.495. The molecule has 1 rings (SSSR count). The molecule has 12 heavy (non-hydrogen) atoms. The highest BCUT2D eigenvalue weighted by molar-refractivity contribution is 6.31. The van der Waals surface area contributed by atoms with Gasteiger partial charge in [-0.05, 0) is 25.0 Å². The molecule has 0 bridgehead atoms. The fourth-order valence-electron chi connectivity index (χ4n) is 0.992. The molecule has 0 heterocycles. The van der Waals surface area contributed by atoms with E-state index >= 15 is 0 Å². The molecule has 0 aliphatic heterocycles. The summed E-state index contributed by atoms with van der Waals surface area (Å²) in [7, 11) is 0. The first-order chi connectivity index (χ1) is 5.57. The van der Waals surface area contributed by atoms with Gasteiger partial charge in [0.05, 0.1) is 5.02 Å². The van der Waals surface area contributed by atoms with Crippen molar-refractivity contribution in [2.75, 3.05) is 0 Å². The summed E-state index contributed by atoms with van der Waals surface area (Å²) in [5, 5.41) is 0.0383. The number of rotatable bonds is 1. The number of hydrogen-bond acceptors (Lipinski definition) is 0. The molecule has 0 radical (unpaired) electrons. The lowest BCUT2D eigenvalue weighted by Gasteiger charge is -2.05. The second-order valence-corrected chi connectivity index (χ2v) is 3.00. The van der Waals surface area contributed by atoms with Crippen molar-refractivity contribution >= 4 is 11.6 Å². The van der Waals surface area contributed by atoms with Gasteiger partial charge in [-0.3, -0.25) is 0 Å². The van der Waals surface area contributed by atoms with Gasteiger partial charge >= 0.3 is 0 Å². The molecule has 0 unspecified atom stereocenters. The predicted octanol–water partition coefficient (Wildman–Crippen LogP) is 3.49. The van der Waals surface area contributed by atoms with E-state index in [1.165, 1.54) is 13.0 Å². The predicted molar refractivity (Wildman–Crippen MR) is 45.5 cm³/mol. The Labute approximate surface area is 75.2 Å². The number of benzene rings is 1. The van der Waals surface area contributed by atoms with Crippen molar-refractivity contribution in [3.63, 3.8) is 0 Å². The van der Waals surface area contributed by atoms with E-state index in [0.717, 1.165) is 0 Å². The van der Waals surface area contributed by atoms with Gasteiger partial charge in [0, 0.05) is 5.56 Å². The Kier molecular flexibility index (Phi) is 2.68. The minimum absolute atomic E-state index is 0.0165. The van der Waals surface area contributed by atoms with Gasteiger partial charge in [0.1, 0.15) is 11.6 Å². The molecule has 0 aliphatic rings. The van der Waals surface area contributed by atoms with Crippen LogP contribution in [0.1, 0.15) is 18.1 Å². The fraction of sp³-hybridized carbons (Fsp3) is 0.333. The first-order valence-electron chi connectivity index (χ1n) is 3.70. The van der Waals surface area contributed by atoms with Gasteiger partial charge < -0.3 is 0 Å². The quantitative estimate of drug-likeness (QED) is 0.595. The molecule has 0 nitrogen and oxygen atoms in total. The maximum absolute atomic E-state index is 13.1. The van der Waals surface area contributed by atoms with Crippen molar-refractivity contribution in [3.05, 3.63) is 33.9 Å². The van der Waals surface area contributed by atoms with Crippen LogP contribution >= 0.6 is 11.6 Å². The molecular formula is C9H9ClF2. The number of aryl methyl sites for hydroxylation is 1. The third-order valence-electron chi connectivity index (χ3n) is 1.84. The molecule has 0 N–H and O–H groups in total. The highest BCUT2D eigenvalue weighted by Gasteiger charge is 2.12. The first kappa shape index (κ1) is 9.46. The summed E-state index contributed by atoms with van der Waals surface area (Å²) >= 11 is 5.63. The standard InChI is InChI=1S/C9H9ClF2/c1-3-6-4-7(11)5(2)9(12)8(6)10/h4H,3H2,1-2H3. The Hall–Kier alpha value is -0.630. The zero-order valence-corrected chi connectivity index (χ0v) is 7.67. The van der Waals surface area contributed by atoms with Gasteiger partial charge in [0.25, 0.3) is 0 Å². The van der Waals surface area contributed by atoms with E-state index in [1.807, 2.05) is 0 Å². The van der Waals surface area contributed by atoms with Crippen LogP contribution in [0, 0.1) is 18.6 Å². The van der Waals surface area contributed by atoms with E-state index < -0.39 is 11.6 Å². The molecule has 0 spiro atoms. The lowest BCUT2D eigenvalue weighted by atomic mass is 10.1. The summed E-state index contributed by atoms with van der Waals surface area (Å²) in [6, 6.07) is 1.28. The van der Waals surface area contributed by atoms with E-state index in [4.69, 9.17) is 11.6 Å². The largest absolute Gasteiger partial charge is 0.207 e. The highest BCUT2D eigenvalue weighted by atomic mass is 35.5. The van der Waals surface area contributed by atoms with Crippen LogP contribution < -0.4 is 0 Å². The molecule has 0 aliphatic carbocycles. The molecule has 0 aromatic heterocycles. The number of halogens is 3. The van der Waals surface area contributed by atoms with Crippen LogP contribution in [0.15, 0.2) is 6.07 Å². The van der Waals surface area contributed by atoms with Crippen LogP contribution in [0.2, 0.25) is 5.02 Å². The molecule has 1 aromatic carbocycles. The fourth-order valence-corrected chi connectivity index (χ4v) is 1.32. The van der Waals surface area contributed by atoms with Crippen molar-refractivity contribution in [1.82, 2.24) is 0 Å². The molecule has 1 aromatic rings. The average Bonchev–Trinajstić information content (AvgIpc) is 2.08. The Morgan fingerprint density at radius 1 is 1.42 bits per heavy atom. The maximum atomic E-state index is 13.1. The molecule has 3 heteroatoms. The molecular weight excluding hydrogens is 182 g/mol. The van der Waals surface area contributed by atoms with E-state index in [-0.39, 0.29) is 10.6 Å². The topological polar surface area (TPSA) is 0 Å². The van der Waals surface area contributed by atoms with Gasteiger partial charge in [-0.2, -0.15) is 0 Å². The van der Waals surface area contributed by atoms with Crippen molar-refractivity contribution in [1.29, 1.82) is 0 Å². The van der Waals surface area contributed by atoms with Gasteiger partial charge in [0.15, 0.2) is 0 Å². The van der Waals surface area contributed by atoms with Crippen LogP contribution in [-0.4, -0.2) is 0 Å². The smallest absolute Gasteiger partial charge is 0.147 e.